The quantitative estimate of drug-likeness (QED) is 0.616. The zero-order valence-corrected chi connectivity index (χ0v) is 12.8. The molecule has 1 aromatic carbocycles. The number of hydrogen-bond donors (Lipinski definition) is 1. The molecule has 0 unspecified atom stereocenters. The first-order valence-corrected chi connectivity index (χ1v) is 7.38. The van der Waals surface area contributed by atoms with Crippen LogP contribution in [-0.4, -0.2) is 30.1 Å². The average Bonchev–Trinajstić information content (AvgIpc) is 3.19. The predicted octanol–water partition coefficient (Wildman–Crippen LogP) is 2.07. The zero-order valence-electron chi connectivity index (χ0n) is 12.8. The van der Waals surface area contributed by atoms with E-state index in [2.05, 4.69) is 30.7 Å². The van der Waals surface area contributed by atoms with Crippen molar-refractivity contribution in [2.24, 2.45) is 7.05 Å². The predicted molar refractivity (Wildman–Crippen MR) is 84.8 cm³/mol. The molecule has 0 aliphatic rings. The van der Waals surface area contributed by atoms with Gasteiger partial charge in [-0.2, -0.15) is 5.10 Å². The number of rotatable bonds is 4. The molecule has 0 aliphatic carbocycles. The topological polar surface area (TPSA) is 94.5 Å². The Kier molecular flexibility index (Phi) is 3.14. The van der Waals surface area contributed by atoms with Crippen LogP contribution in [-0.2, 0) is 20.0 Å². The molecule has 0 amide bonds. The highest BCUT2D eigenvalue weighted by Gasteiger charge is 2.11. The van der Waals surface area contributed by atoms with Gasteiger partial charge in [0.2, 0.25) is 0 Å². The van der Waals surface area contributed by atoms with Gasteiger partial charge in [-0.25, -0.2) is 14.6 Å². The Bertz CT molecular complexity index is 988. The van der Waals surface area contributed by atoms with E-state index < -0.39 is 0 Å². The summed E-state index contributed by atoms with van der Waals surface area (Å²) in [6.45, 7) is 2.65. The van der Waals surface area contributed by atoms with Crippen molar-refractivity contribution in [3.63, 3.8) is 0 Å². The number of anilines is 1. The molecule has 0 bridgehead atoms. The third kappa shape index (κ3) is 2.37. The van der Waals surface area contributed by atoms with Gasteiger partial charge in [0.1, 0.15) is 22.7 Å². The first-order valence-electron chi connectivity index (χ1n) is 7.38. The Labute approximate surface area is 131 Å². The molecule has 0 atom stereocenters. The van der Waals surface area contributed by atoms with Crippen LogP contribution in [0.2, 0.25) is 0 Å². The van der Waals surface area contributed by atoms with E-state index in [1.807, 2.05) is 32.2 Å². The molecular formula is C15H15N7O. The minimum Gasteiger partial charge on any atom is -0.365 e. The molecule has 0 saturated carbocycles. The lowest BCUT2D eigenvalue weighted by molar-refractivity contribution is 0.315. The number of fused-ring (bicyclic) bond motifs is 2. The van der Waals surface area contributed by atoms with Crippen molar-refractivity contribution in [1.29, 1.82) is 0 Å². The Morgan fingerprint density at radius 1 is 1.17 bits per heavy atom. The maximum atomic E-state index is 4.72. The van der Waals surface area contributed by atoms with Crippen molar-refractivity contribution < 1.29 is 4.63 Å². The Morgan fingerprint density at radius 2 is 2.04 bits per heavy atom. The zero-order chi connectivity index (χ0) is 15.8. The second-order valence-corrected chi connectivity index (χ2v) is 5.29. The Balaban J connectivity index is 1.66. The first kappa shape index (κ1) is 13.6. The molecule has 23 heavy (non-hydrogen) atoms. The second-order valence-electron chi connectivity index (χ2n) is 5.29. The van der Waals surface area contributed by atoms with Gasteiger partial charge < -0.3 is 5.32 Å². The van der Waals surface area contributed by atoms with E-state index in [0.29, 0.717) is 6.54 Å². The lowest BCUT2D eigenvalue weighted by Gasteiger charge is -2.08. The lowest BCUT2D eigenvalue weighted by atomic mass is 10.2. The molecule has 0 aliphatic heterocycles. The largest absolute Gasteiger partial charge is 0.365 e. The number of nitrogens with zero attached hydrogens (tertiary/aromatic N) is 6. The summed E-state index contributed by atoms with van der Waals surface area (Å²) in [6.07, 6.45) is 2.55. The van der Waals surface area contributed by atoms with Crippen molar-refractivity contribution in [1.82, 2.24) is 30.1 Å². The van der Waals surface area contributed by atoms with Crippen molar-refractivity contribution in [3.05, 3.63) is 35.8 Å². The van der Waals surface area contributed by atoms with E-state index in [1.165, 1.54) is 0 Å². The number of aromatic nitrogens is 6. The van der Waals surface area contributed by atoms with Crippen LogP contribution in [0.4, 0.5) is 5.82 Å². The molecule has 0 radical (unpaired) electrons. The number of hydrogen-bond acceptors (Lipinski definition) is 7. The third-order valence-electron chi connectivity index (χ3n) is 3.73. The van der Waals surface area contributed by atoms with E-state index in [4.69, 9.17) is 4.63 Å². The van der Waals surface area contributed by atoms with Gasteiger partial charge in [0.15, 0.2) is 5.65 Å². The van der Waals surface area contributed by atoms with E-state index >= 15 is 0 Å². The smallest absolute Gasteiger partial charge is 0.163 e. The van der Waals surface area contributed by atoms with Crippen molar-refractivity contribution in [2.75, 3.05) is 5.32 Å². The van der Waals surface area contributed by atoms with Gasteiger partial charge in [-0.1, -0.05) is 13.0 Å². The van der Waals surface area contributed by atoms with E-state index in [0.717, 1.165) is 45.7 Å². The fraction of sp³-hybridized carbons (Fsp3) is 0.267. The molecule has 0 fully saturated rings. The highest BCUT2D eigenvalue weighted by molar-refractivity contribution is 5.86. The van der Waals surface area contributed by atoms with Crippen molar-refractivity contribution in [3.8, 4) is 0 Å². The fourth-order valence-electron chi connectivity index (χ4n) is 2.48. The summed E-state index contributed by atoms with van der Waals surface area (Å²) in [4.78, 5) is 9.10. The molecular weight excluding hydrogens is 294 g/mol. The molecule has 3 heterocycles. The summed E-state index contributed by atoms with van der Waals surface area (Å²) in [5.74, 6) is 1.58. The summed E-state index contributed by atoms with van der Waals surface area (Å²) in [6, 6.07) is 5.82. The van der Waals surface area contributed by atoms with E-state index in [-0.39, 0.29) is 0 Å². The lowest BCUT2D eigenvalue weighted by Crippen LogP contribution is -2.06. The molecule has 4 rings (SSSR count). The molecule has 4 aromatic rings. The number of aryl methyl sites for hydroxylation is 2. The summed E-state index contributed by atoms with van der Waals surface area (Å²) in [5.41, 5.74) is 3.39. The van der Waals surface area contributed by atoms with Gasteiger partial charge in [0, 0.05) is 20.0 Å². The van der Waals surface area contributed by atoms with Crippen LogP contribution in [0.25, 0.3) is 22.1 Å². The van der Waals surface area contributed by atoms with E-state index in [1.54, 1.807) is 10.9 Å². The Morgan fingerprint density at radius 3 is 2.91 bits per heavy atom. The fourth-order valence-corrected chi connectivity index (χ4v) is 2.48. The van der Waals surface area contributed by atoms with Crippen molar-refractivity contribution >= 4 is 27.9 Å². The van der Waals surface area contributed by atoms with Crippen LogP contribution in [0, 0.1) is 0 Å². The normalized spacial score (nSPS) is 11.4. The van der Waals surface area contributed by atoms with Crippen LogP contribution in [0.3, 0.4) is 0 Å². The highest BCUT2D eigenvalue weighted by Crippen LogP contribution is 2.21. The molecule has 8 nitrogen and oxygen atoms in total. The van der Waals surface area contributed by atoms with Gasteiger partial charge in [-0.3, -0.25) is 4.68 Å². The number of benzene rings is 1. The first-order chi connectivity index (χ1) is 11.2. The van der Waals surface area contributed by atoms with Crippen LogP contribution in [0.15, 0.2) is 29.0 Å². The summed E-state index contributed by atoms with van der Waals surface area (Å²) < 4.78 is 6.48. The minimum absolute atomic E-state index is 0.618. The van der Waals surface area contributed by atoms with Gasteiger partial charge in [-0.05, 0) is 28.0 Å². The van der Waals surface area contributed by atoms with Crippen LogP contribution in [0.1, 0.15) is 18.3 Å². The summed E-state index contributed by atoms with van der Waals surface area (Å²) in [7, 11) is 1.88. The highest BCUT2D eigenvalue weighted by atomic mass is 16.6. The SMILES string of the molecule is CCc1nc(NCc2ccc3nonc3c2)c2cnn(C)c2n1. The van der Waals surface area contributed by atoms with Gasteiger partial charge in [-0.15, -0.1) is 0 Å². The molecule has 0 spiro atoms. The van der Waals surface area contributed by atoms with Crippen LogP contribution in [0.5, 0.6) is 0 Å². The average molecular weight is 309 g/mol. The van der Waals surface area contributed by atoms with E-state index in [9.17, 15) is 0 Å². The van der Waals surface area contributed by atoms with Gasteiger partial charge in [0.05, 0.1) is 11.6 Å². The second kappa shape index (κ2) is 5.31. The monoisotopic (exact) mass is 309 g/mol. The van der Waals surface area contributed by atoms with Crippen LogP contribution >= 0.6 is 0 Å². The number of nitrogens with one attached hydrogen (secondary N) is 1. The molecule has 8 heteroatoms. The molecule has 3 aromatic heterocycles. The third-order valence-corrected chi connectivity index (χ3v) is 3.73. The van der Waals surface area contributed by atoms with Gasteiger partial charge >= 0.3 is 0 Å². The maximum absolute atomic E-state index is 4.72. The van der Waals surface area contributed by atoms with Gasteiger partial charge in [0.25, 0.3) is 0 Å². The summed E-state index contributed by atoms with van der Waals surface area (Å²) in [5, 5.41) is 16.2. The minimum atomic E-state index is 0.618. The molecule has 0 saturated heterocycles. The van der Waals surface area contributed by atoms with Crippen LogP contribution < -0.4 is 5.32 Å². The maximum Gasteiger partial charge on any atom is 0.163 e. The van der Waals surface area contributed by atoms with Crippen molar-refractivity contribution in [2.45, 2.75) is 19.9 Å². The summed E-state index contributed by atoms with van der Waals surface area (Å²) >= 11 is 0. The molecule has 1 N–H and O–H groups in total. The standard InChI is InChI=1S/C15H15N7O/c1-3-13-18-14(10-8-17-22(2)15(10)19-13)16-7-9-4-5-11-12(6-9)21-23-20-11/h4-6,8H,3,7H2,1-2H3,(H,16,18,19). The molecule has 116 valence electrons. The Hall–Kier alpha value is -3.03.